The predicted octanol–water partition coefficient (Wildman–Crippen LogP) is 1.34. The van der Waals surface area contributed by atoms with Gasteiger partial charge in [-0.1, -0.05) is 17.8 Å². The third kappa shape index (κ3) is 3.74. The maximum absolute atomic E-state index is 12.2. The van der Waals surface area contributed by atoms with Gasteiger partial charge >= 0.3 is 0 Å². The van der Waals surface area contributed by atoms with Gasteiger partial charge in [0, 0.05) is 19.7 Å². The molecule has 5 nitrogen and oxygen atoms in total. The van der Waals surface area contributed by atoms with Crippen LogP contribution in [-0.4, -0.2) is 45.2 Å². The van der Waals surface area contributed by atoms with Crippen LogP contribution >= 0.6 is 11.5 Å². The Balaban J connectivity index is 2.74. The van der Waals surface area contributed by atoms with Crippen molar-refractivity contribution in [2.45, 2.75) is 33.1 Å². The van der Waals surface area contributed by atoms with E-state index in [0.29, 0.717) is 24.4 Å². The Kier molecular flexibility index (Phi) is 6.07. The molecule has 0 unspecified atom stereocenters. The minimum absolute atomic E-state index is 0.0144. The maximum atomic E-state index is 12.2. The zero-order valence-corrected chi connectivity index (χ0v) is 11.2. The molecule has 0 spiro atoms. The molecule has 17 heavy (non-hydrogen) atoms. The highest BCUT2D eigenvalue weighted by Gasteiger charge is 2.20. The normalized spacial score (nSPS) is 10.5. The van der Waals surface area contributed by atoms with Gasteiger partial charge in [-0.3, -0.25) is 4.79 Å². The molecule has 1 heterocycles. The van der Waals surface area contributed by atoms with Gasteiger partial charge < -0.3 is 10.0 Å². The smallest absolute Gasteiger partial charge is 0.267 e. The fraction of sp³-hybridized carbons (Fsp3) is 0.727. The third-order valence-electron chi connectivity index (χ3n) is 2.49. The summed E-state index contributed by atoms with van der Waals surface area (Å²) >= 11 is 1.16. The summed E-state index contributed by atoms with van der Waals surface area (Å²) in [4.78, 5) is 14.6. The molecule has 0 fully saturated rings. The number of nitrogens with zero attached hydrogens (tertiary/aromatic N) is 3. The molecule has 0 atom stereocenters. The lowest BCUT2D eigenvalue weighted by atomic mass is 10.2. The number of aliphatic hydroxyl groups is 1. The summed E-state index contributed by atoms with van der Waals surface area (Å²) in [6, 6.07) is 0. The van der Waals surface area contributed by atoms with E-state index in [9.17, 15) is 4.79 Å². The highest BCUT2D eigenvalue weighted by atomic mass is 32.1. The highest BCUT2D eigenvalue weighted by Crippen LogP contribution is 2.15. The van der Waals surface area contributed by atoms with E-state index in [4.69, 9.17) is 5.11 Å². The first kappa shape index (κ1) is 14.1. The number of hydrogen-bond donors (Lipinski definition) is 1. The topological polar surface area (TPSA) is 66.3 Å². The molecule has 96 valence electrons. The van der Waals surface area contributed by atoms with Gasteiger partial charge in [0.1, 0.15) is 4.88 Å². The number of hydrogen-bond acceptors (Lipinski definition) is 5. The van der Waals surface area contributed by atoms with Crippen molar-refractivity contribution < 1.29 is 9.90 Å². The number of aromatic nitrogens is 2. The van der Waals surface area contributed by atoms with E-state index in [-0.39, 0.29) is 12.5 Å². The van der Waals surface area contributed by atoms with E-state index in [1.807, 2.05) is 6.92 Å². The Morgan fingerprint density at radius 3 is 2.82 bits per heavy atom. The Labute approximate surface area is 106 Å². The summed E-state index contributed by atoms with van der Waals surface area (Å²) < 4.78 is 3.85. The lowest BCUT2D eigenvalue weighted by Crippen LogP contribution is -2.32. The van der Waals surface area contributed by atoms with Gasteiger partial charge in [0.05, 0.1) is 5.69 Å². The largest absolute Gasteiger partial charge is 0.396 e. The predicted molar refractivity (Wildman–Crippen MR) is 67.2 cm³/mol. The van der Waals surface area contributed by atoms with Crippen LogP contribution in [0.15, 0.2) is 0 Å². The number of aryl methyl sites for hydroxylation is 1. The molecule has 0 saturated heterocycles. The molecule has 1 aromatic rings. The van der Waals surface area contributed by atoms with E-state index in [0.717, 1.165) is 30.1 Å². The standard InChI is InChI=1S/C11H19N3O2S/c1-3-6-9-10(17-13-12-9)11(16)14(4-2)7-5-8-15/h15H,3-8H2,1-2H3. The van der Waals surface area contributed by atoms with Crippen molar-refractivity contribution in [3.8, 4) is 0 Å². The molecule has 0 aliphatic rings. The first-order valence-electron chi connectivity index (χ1n) is 5.95. The number of rotatable bonds is 7. The summed E-state index contributed by atoms with van der Waals surface area (Å²) in [5.41, 5.74) is 0.796. The van der Waals surface area contributed by atoms with E-state index in [1.54, 1.807) is 4.90 Å². The molecule has 1 amide bonds. The third-order valence-corrected chi connectivity index (χ3v) is 3.25. The van der Waals surface area contributed by atoms with Gasteiger partial charge in [-0.15, -0.1) is 5.10 Å². The minimum Gasteiger partial charge on any atom is -0.396 e. The van der Waals surface area contributed by atoms with Crippen LogP contribution in [0.1, 0.15) is 42.1 Å². The molecule has 0 aliphatic heterocycles. The quantitative estimate of drug-likeness (QED) is 0.800. The number of aliphatic hydroxyl groups excluding tert-OH is 1. The zero-order valence-electron chi connectivity index (χ0n) is 10.3. The van der Waals surface area contributed by atoms with Crippen molar-refractivity contribution in [2.75, 3.05) is 19.7 Å². The van der Waals surface area contributed by atoms with Crippen LogP contribution < -0.4 is 0 Å². The van der Waals surface area contributed by atoms with Crippen molar-refractivity contribution in [1.82, 2.24) is 14.5 Å². The maximum Gasteiger partial charge on any atom is 0.267 e. The van der Waals surface area contributed by atoms with Crippen LogP contribution in [0.3, 0.4) is 0 Å². The molecule has 1 aromatic heterocycles. The fourth-order valence-corrected chi connectivity index (χ4v) is 2.26. The van der Waals surface area contributed by atoms with E-state index >= 15 is 0 Å². The van der Waals surface area contributed by atoms with Gasteiger partial charge in [0.2, 0.25) is 0 Å². The van der Waals surface area contributed by atoms with E-state index in [1.165, 1.54) is 0 Å². The molecule has 1 N–H and O–H groups in total. The summed E-state index contributed by atoms with van der Waals surface area (Å²) in [5, 5.41) is 12.8. The van der Waals surface area contributed by atoms with Gasteiger partial charge in [-0.05, 0) is 31.3 Å². The molecule has 0 aromatic carbocycles. The summed E-state index contributed by atoms with van der Waals surface area (Å²) in [7, 11) is 0. The monoisotopic (exact) mass is 257 g/mol. The highest BCUT2D eigenvalue weighted by molar-refractivity contribution is 7.07. The van der Waals surface area contributed by atoms with Crippen molar-refractivity contribution in [2.24, 2.45) is 0 Å². The van der Waals surface area contributed by atoms with Crippen LogP contribution in [0, 0.1) is 0 Å². The zero-order chi connectivity index (χ0) is 12.7. The Morgan fingerprint density at radius 2 is 2.24 bits per heavy atom. The number of carbonyl (C=O) groups is 1. The molecular weight excluding hydrogens is 238 g/mol. The van der Waals surface area contributed by atoms with Crippen LogP contribution in [0.5, 0.6) is 0 Å². The van der Waals surface area contributed by atoms with Crippen LogP contribution in [0.4, 0.5) is 0 Å². The van der Waals surface area contributed by atoms with Crippen molar-refractivity contribution in [1.29, 1.82) is 0 Å². The van der Waals surface area contributed by atoms with Crippen LogP contribution in [-0.2, 0) is 6.42 Å². The Bertz CT molecular complexity index is 354. The van der Waals surface area contributed by atoms with Crippen LogP contribution in [0.2, 0.25) is 0 Å². The SMILES string of the molecule is CCCc1nnsc1C(=O)N(CC)CCCO. The van der Waals surface area contributed by atoms with Gasteiger partial charge in [-0.2, -0.15) is 0 Å². The second kappa shape index (κ2) is 7.34. The lowest BCUT2D eigenvalue weighted by Gasteiger charge is -2.19. The summed E-state index contributed by atoms with van der Waals surface area (Å²) in [6.45, 7) is 5.31. The average Bonchev–Trinajstić information content (AvgIpc) is 2.78. The van der Waals surface area contributed by atoms with Crippen molar-refractivity contribution in [3.05, 3.63) is 10.6 Å². The van der Waals surface area contributed by atoms with Crippen molar-refractivity contribution >= 4 is 17.4 Å². The molecule has 0 bridgehead atoms. The van der Waals surface area contributed by atoms with Gasteiger partial charge in [0.25, 0.3) is 5.91 Å². The van der Waals surface area contributed by atoms with E-state index < -0.39 is 0 Å². The van der Waals surface area contributed by atoms with E-state index in [2.05, 4.69) is 16.5 Å². The Morgan fingerprint density at radius 1 is 1.47 bits per heavy atom. The molecule has 0 radical (unpaired) electrons. The summed E-state index contributed by atoms with van der Waals surface area (Å²) in [5.74, 6) is -0.0144. The van der Waals surface area contributed by atoms with Crippen molar-refractivity contribution in [3.63, 3.8) is 0 Å². The molecule has 1 rings (SSSR count). The van der Waals surface area contributed by atoms with Gasteiger partial charge in [0.15, 0.2) is 0 Å². The Hall–Kier alpha value is -1.01. The molecular formula is C11H19N3O2S. The molecule has 0 aliphatic carbocycles. The summed E-state index contributed by atoms with van der Waals surface area (Å²) in [6.07, 6.45) is 2.35. The first-order valence-corrected chi connectivity index (χ1v) is 6.73. The second-order valence-electron chi connectivity index (χ2n) is 3.76. The van der Waals surface area contributed by atoms with Crippen LogP contribution in [0.25, 0.3) is 0 Å². The minimum atomic E-state index is -0.0144. The lowest BCUT2D eigenvalue weighted by molar-refractivity contribution is 0.0758. The second-order valence-corrected chi connectivity index (χ2v) is 4.51. The molecule has 0 saturated carbocycles. The molecule has 6 heteroatoms. The van der Waals surface area contributed by atoms with Gasteiger partial charge in [-0.25, -0.2) is 0 Å². The number of carbonyl (C=O) groups excluding carboxylic acids is 1. The fourth-order valence-electron chi connectivity index (χ4n) is 1.58. The average molecular weight is 257 g/mol. The first-order chi connectivity index (χ1) is 8.24. The number of amides is 1.